The van der Waals surface area contributed by atoms with E-state index >= 15 is 0 Å². The van der Waals surface area contributed by atoms with Gasteiger partial charge in [0, 0.05) is 25.5 Å². The monoisotopic (exact) mass is 213 g/mol. The van der Waals surface area contributed by atoms with Gasteiger partial charge in [-0.3, -0.25) is 4.79 Å². The van der Waals surface area contributed by atoms with Gasteiger partial charge in [0.2, 0.25) is 5.91 Å². The summed E-state index contributed by atoms with van der Waals surface area (Å²) in [6.07, 6.45) is 0. The smallest absolute Gasteiger partial charge is 0.219 e. The fraction of sp³-hybridized carbons (Fsp3) is 0.500. The molecule has 0 unspecified atom stereocenters. The molecule has 0 radical (unpaired) electrons. The molecule has 1 heterocycles. The molecule has 4 heteroatoms. The fourth-order valence-corrected chi connectivity index (χ4v) is 1.86. The molecule has 1 aromatic heterocycles. The van der Waals surface area contributed by atoms with Crippen LogP contribution in [0.1, 0.15) is 11.8 Å². The number of carbonyl (C=O) groups is 1. The van der Waals surface area contributed by atoms with Crippen LogP contribution in [0.2, 0.25) is 0 Å². The number of thiophene rings is 1. The predicted octanol–water partition coefficient (Wildman–Crippen LogP) is 1.74. The molecule has 0 aliphatic carbocycles. The normalized spacial score (nSPS) is 10.1. The Kier molecular flexibility index (Phi) is 4.62. The Morgan fingerprint density at radius 2 is 2.43 bits per heavy atom. The van der Waals surface area contributed by atoms with Crippen molar-refractivity contribution < 1.29 is 9.53 Å². The van der Waals surface area contributed by atoms with E-state index in [4.69, 9.17) is 4.74 Å². The van der Waals surface area contributed by atoms with Gasteiger partial charge in [0.25, 0.3) is 0 Å². The van der Waals surface area contributed by atoms with Crippen molar-refractivity contribution in [1.29, 1.82) is 0 Å². The average molecular weight is 213 g/mol. The number of nitrogens with zero attached hydrogens (tertiary/aromatic N) is 1. The second kappa shape index (κ2) is 5.78. The van der Waals surface area contributed by atoms with E-state index < -0.39 is 0 Å². The number of hydrogen-bond donors (Lipinski definition) is 0. The van der Waals surface area contributed by atoms with E-state index in [2.05, 4.69) is 0 Å². The van der Waals surface area contributed by atoms with Gasteiger partial charge >= 0.3 is 0 Å². The summed E-state index contributed by atoms with van der Waals surface area (Å²) in [6.45, 7) is 3.52. The summed E-state index contributed by atoms with van der Waals surface area (Å²) in [5.74, 6) is 0.0930. The van der Waals surface area contributed by atoms with E-state index in [-0.39, 0.29) is 5.91 Å². The minimum Gasteiger partial charge on any atom is -0.383 e. The summed E-state index contributed by atoms with van der Waals surface area (Å²) in [5, 5.41) is 2.02. The molecule has 1 aromatic rings. The maximum atomic E-state index is 11.3. The zero-order chi connectivity index (χ0) is 10.4. The molecule has 0 saturated carbocycles. The van der Waals surface area contributed by atoms with Crippen LogP contribution in [0.15, 0.2) is 17.5 Å². The largest absolute Gasteiger partial charge is 0.383 e. The quantitative estimate of drug-likeness (QED) is 0.745. The van der Waals surface area contributed by atoms with Crippen LogP contribution in [0, 0.1) is 0 Å². The molecule has 0 bridgehead atoms. The topological polar surface area (TPSA) is 29.5 Å². The molecule has 0 atom stereocenters. The third kappa shape index (κ3) is 3.47. The highest BCUT2D eigenvalue weighted by Crippen LogP contribution is 2.11. The molecule has 1 rings (SSSR count). The van der Waals surface area contributed by atoms with Gasteiger partial charge in [-0.1, -0.05) is 6.07 Å². The summed E-state index contributed by atoms with van der Waals surface area (Å²) in [4.78, 5) is 14.2. The second-order valence-corrected chi connectivity index (χ2v) is 4.04. The van der Waals surface area contributed by atoms with E-state index in [1.807, 2.05) is 17.5 Å². The van der Waals surface area contributed by atoms with Crippen LogP contribution in [-0.4, -0.2) is 31.1 Å². The van der Waals surface area contributed by atoms with Gasteiger partial charge in [-0.15, -0.1) is 11.3 Å². The Labute approximate surface area is 88.3 Å². The highest BCUT2D eigenvalue weighted by Gasteiger charge is 2.08. The molecular weight excluding hydrogens is 198 g/mol. The summed E-state index contributed by atoms with van der Waals surface area (Å²) in [6, 6.07) is 4.03. The zero-order valence-electron chi connectivity index (χ0n) is 8.53. The predicted molar refractivity (Wildman–Crippen MR) is 57.3 cm³/mol. The molecule has 0 aliphatic heterocycles. The Balaban J connectivity index is 2.47. The van der Waals surface area contributed by atoms with Crippen molar-refractivity contribution >= 4 is 17.2 Å². The highest BCUT2D eigenvalue weighted by atomic mass is 32.1. The number of amides is 1. The van der Waals surface area contributed by atoms with Crippen LogP contribution in [-0.2, 0) is 16.1 Å². The van der Waals surface area contributed by atoms with Gasteiger partial charge in [-0.05, 0) is 11.4 Å². The number of carbonyl (C=O) groups excluding carboxylic acids is 1. The standard InChI is InChI=1S/C10H15NO2S/c1-9(12)11(5-6-13-2)8-10-4-3-7-14-10/h3-4,7H,5-6,8H2,1-2H3. The lowest BCUT2D eigenvalue weighted by Crippen LogP contribution is -2.31. The summed E-state index contributed by atoms with van der Waals surface area (Å²) in [7, 11) is 1.64. The Hall–Kier alpha value is -0.870. The number of methoxy groups -OCH3 is 1. The van der Waals surface area contributed by atoms with E-state index in [1.165, 1.54) is 4.88 Å². The van der Waals surface area contributed by atoms with Crippen molar-refractivity contribution in [3.8, 4) is 0 Å². The first-order valence-electron chi connectivity index (χ1n) is 4.51. The van der Waals surface area contributed by atoms with E-state index in [0.29, 0.717) is 19.7 Å². The highest BCUT2D eigenvalue weighted by molar-refractivity contribution is 7.09. The SMILES string of the molecule is COCCN(Cc1cccs1)C(C)=O. The van der Waals surface area contributed by atoms with Gasteiger partial charge in [0.15, 0.2) is 0 Å². The van der Waals surface area contributed by atoms with Crippen molar-refractivity contribution in [1.82, 2.24) is 4.90 Å². The maximum Gasteiger partial charge on any atom is 0.219 e. The fourth-order valence-electron chi connectivity index (χ4n) is 1.14. The van der Waals surface area contributed by atoms with Crippen LogP contribution < -0.4 is 0 Å². The molecule has 0 N–H and O–H groups in total. The molecule has 0 aromatic carbocycles. The molecular formula is C10H15NO2S. The average Bonchev–Trinajstić information content (AvgIpc) is 2.64. The van der Waals surface area contributed by atoms with Crippen molar-refractivity contribution in [2.24, 2.45) is 0 Å². The lowest BCUT2D eigenvalue weighted by Gasteiger charge is -2.19. The van der Waals surface area contributed by atoms with Gasteiger partial charge in [0.05, 0.1) is 13.2 Å². The molecule has 0 spiro atoms. The van der Waals surface area contributed by atoms with Crippen LogP contribution >= 0.6 is 11.3 Å². The minimum atomic E-state index is 0.0930. The van der Waals surface area contributed by atoms with Crippen LogP contribution in [0.25, 0.3) is 0 Å². The number of hydrogen-bond acceptors (Lipinski definition) is 3. The Morgan fingerprint density at radius 3 is 2.93 bits per heavy atom. The lowest BCUT2D eigenvalue weighted by molar-refractivity contribution is -0.130. The molecule has 0 fully saturated rings. The summed E-state index contributed by atoms with van der Waals surface area (Å²) < 4.78 is 4.95. The van der Waals surface area contributed by atoms with Gasteiger partial charge in [-0.2, -0.15) is 0 Å². The first-order valence-corrected chi connectivity index (χ1v) is 5.39. The van der Waals surface area contributed by atoms with Gasteiger partial charge < -0.3 is 9.64 Å². The van der Waals surface area contributed by atoms with Gasteiger partial charge in [0.1, 0.15) is 0 Å². The Bertz CT molecular complexity index is 272. The van der Waals surface area contributed by atoms with E-state index in [1.54, 1.807) is 30.3 Å². The zero-order valence-corrected chi connectivity index (χ0v) is 9.34. The lowest BCUT2D eigenvalue weighted by atomic mass is 10.4. The van der Waals surface area contributed by atoms with Gasteiger partial charge in [-0.25, -0.2) is 0 Å². The number of rotatable bonds is 5. The van der Waals surface area contributed by atoms with Crippen molar-refractivity contribution in [2.45, 2.75) is 13.5 Å². The van der Waals surface area contributed by atoms with Crippen LogP contribution in [0.4, 0.5) is 0 Å². The van der Waals surface area contributed by atoms with Crippen molar-refractivity contribution in [2.75, 3.05) is 20.3 Å². The van der Waals surface area contributed by atoms with Crippen molar-refractivity contribution in [3.05, 3.63) is 22.4 Å². The summed E-state index contributed by atoms with van der Waals surface area (Å²) in [5.41, 5.74) is 0. The first kappa shape index (κ1) is 11.2. The van der Waals surface area contributed by atoms with Crippen molar-refractivity contribution in [3.63, 3.8) is 0 Å². The Morgan fingerprint density at radius 1 is 1.64 bits per heavy atom. The summed E-state index contributed by atoms with van der Waals surface area (Å²) >= 11 is 1.67. The van der Waals surface area contributed by atoms with Crippen LogP contribution in [0.3, 0.4) is 0 Å². The molecule has 14 heavy (non-hydrogen) atoms. The molecule has 1 amide bonds. The molecule has 3 nitrogen and oxygen atoms in total. The van der Waals surface area contributed by atoms with E-state index in [0.717, 1.165) is 0 Å². The molecule has 78 valence electrons. The van der Waals surface area contributed by atoms with Crippen LogP contribution in [0.5, 0.6) is 0 Å². The third-order valence-electron chi connectivity index (χ3n) is 1.94. The van der Waals surface area contributed by atoms with E-state index in [9.17, 15) is 4.79 Å². The third-order valence-corrected chi connectivity index (χ3v) is 2.80. The number of ether oxygens (including phenoxy) is 1. The molecule has 0 aliphatic rings. The minimum absolute atomic E-state index is 0.0930. The maximum absolute atomic E-state index is 11.3. The first-order chi connectivity index (χ1) is 6.74. The molecule has 0 saturated heterocycles. The second-order valence-electron chi connectivity index (χ2n) is 3.01.